The fourth-order valence-electron chi connectivity index (χ4n) is 11.9. The van der Waals surface area contributed by atoms with Crippen LogP contribution in [-0.2, 0) is 14.3 Å². The van der Waals surface area contributed by atoms with Crippen molar-refractivity contribution in [2.75, 3.05) is 13.2 Å². The van der Waals surface area contributed by atoms with Crippen molar-refractivity contribution in [1.82, 2.24) is 0 Å². The molecule has 0 aromatic rings. The summed E-state index contributed by atoms with van der Waals surface area (Å²) >= 11 is 0. The second-order valence-electron chi connectivity index (χ2n) is 17.3. The van der Waals surface area contributed by atoms with Gasteiger partial charge in [-0.3, -0.25) is 4.79 Å². The third-order valence-electron chi connectivity index (χ3n) is 14.9. The van der Waals surface area contributed by atoms with Crippen LogP contribution in [0.15, 0.2) is 11.6 Å². The van der Waals surface area contributed by atoms with Gasteiger partial charge in [-0.15, -0.1) is 0 Å². The van der Waals surface area contributed by atoms with Crippen LogP contribution in [0.25, 0.3) is 0 Å². The van der Waals surface area contributed by atoms with E-state index in [1.807, 2.05) is 0 Å². The molecule has 6 aliphatic rings. The Balaban J connectivity index is 1.32. The lowest BCUT2D eigenvalue weighted by Crippen LogP contribution is -2.66. The molecule has 0 bridgehead atoms. The fourth-order valence-corrected chi connectivity index (χ4v) is 11.9. The molecular formula is C35H56O8. The lowest BCUT2D eigenvalue weighted by molar-refractivity contribution is -0.312. The maximum atomic E-state index is 12.9. The number of ether oxygens (including phenoxy) is 2. The number of aliphatic hydroxyl groups excluding tert-OH is 4. The molecule has 1 heterocycles. The van der Waals surface area contributed by atoms with Gasteiger partial charge in [-0.25, -0.2) is 0 Å². The van der Waals surface area contributed by atoms with Gasteiger partial charge in [0.25, 0.3) is 0 Å². The Bertz CT molecular complexity index is 1150. The summed E-state index contributed by atoms with van der Waals surface area (Å²) < 4.78 is 12.0. The molecule has 0 aromatic carbocycles. The number of rotatable bonds is 4. The Morgan fingerprint density at radius 1 is 0.930 bits per heavy atom. The van der Waals surface area contributed by atoms with Gasteiger partial charge in [0.1, 0.15) is 18.3 Å². The highest BCUT2D eigenvalue weighted by atomic mass is 16.7. The van der Waals surface area contributed by atoms with Gasteiger partial charge >= 0.3 is 5.97 Å². The molecule has 1 saturated heterocycles. The molecule has 5 aliphatic carbocycles. The molecule has 0 radical (unpaired) electrons. The van der Waals surface area contributed by atoms with E-state index in [0.29, 0.717) is 12.3 Å². The molecule has 13 atom stereocenters. The molecule has 244 valence electrons. The predicted octanol–water partition coefficient (Wildman–Crippen LogP) is 4.67. The zero-order chi connectivity index (χ0) is 31.4. The third-order valence-corrected chi connectivity index (χ3v) is 14.9. The molecule has 0 spiro atoms. The second kappa shape index (κ2) is 10.2. The largest absolute Gasteiger partial charge is 0.481 e. The highest BCUT2D eigenvalue weighted by Gasteiger charge is 2.70. The van der Waals surface area contributed by atoms with Crippen LogP contribution in [0.3, 0.4) is 0 Å². The zero-order valence-corrected chi connectivity index (χ0v) is 27.1. The molecule has 1 aliphatic heterocycles. The zero-order valence-electron chi connectivity index (χ0n) is 27.1. The first kappa shape index (κ1) is 31.9. The maximum absolute atomic E-state index is 12.9. The summed E-state index contributed by atoms with van der Waals surface area (Å²) in [5.41, 5.74) is 0.232. The number of aliphatic carboxylic acids is 1. The molecule has 8 nitrogen and oxygen atoms in total. The highest BCUT2D eigenvalue weighted by molar-refractivity contribution is 5.76. The van der Waals surface area contributed by atoms with Crippen molar-refractivity contribution in [1.29, 1.82) is 0 Å². The van der Waals surface area contributed by atoms with E-state index in [1.54, 1.807) is 0 Å². The van der Waals surface area contributed by atoms with Gasteiger partial charge in [0, 0.05) is 5.41 Å². The van der Waals surface area contributed by atoms with Crippen molar-refractivity contribution in [2.45, 2.75) is 136 Å². The van der Waals surface area contributed by atoms with Gasteiger partial charge in [0.15, 0.2) is 6.29 Å². The minimum absolute atomic E-state index is 0.0154. The van der Waals surface area contributed by atoms with E-state index in [1.165, 1.54) is 5.57 Å². The summed E-state index contributed by atoms with van der Waals surface area (Å²) in [4.78, 5) is 12.9. The Hall–Kier alpha value is -1.03. The highest BCUT2D eigenvalue weighted by Crippen LogP contribution is 2.76. The van der Waals surface area contributed by atoms with E-state index in [-0.39, 0.29) is 52.8 Å². The first-order valence-corrected chi connectivity index (χ1v) is 16.9. The third kappa shape index (κ3) is 4.32. The van der Waals surface area contributed by atoms with Gasteiger partial charge in [0.2, 0.25) is 0 Å². The molecule has 0 amide bonds. The van der Waals surface area contributed by atoms with Crippen LogP contribution in [0.4, 0.5) is 0 Å². The Kier molecular flexibility index (Phi) is 7.60. The number of hydrogen-bond acceptors (Lipinski definition) is 7. The molecule has 5 fully saturated rings. The lowest BCUT2D eigenvalue weighted by Gasteiger charge is -2.71. The minimum Gasteiger partial charge on any atom is -0.481 e. The number of carbonyl (C=O) groups is 1. The Morgan fingerprint density at radius 2 is 1.63 bits per heavy atom. The van der Waals surface area contributed by atoms with Crippen molar-refractivity contribution in [3.63, 3.8) is 0 Å². The number of carboxylic acids is 1. The molecule has 5 N–H and O–H groups in total. The monoisotopic (exact) mass is 604 g/mol. The van der Waals surface area contributed by atoms with Crippen LogP contribution < -0.4 is 0 Å². The summed E-state index contributed by atoms with van der Waals surface area (Å²) in [5.74, 6) is 0.0529. The standard InChI is InChI=1S/C35H56O8/c1-30(2)13-15-35(29(40)41)16-14-33(5)20(21(35)17-30)7-8-24-31(3)11-10-25(43-28-27(39)26(38)22(37)18-42-28)32(4,19-36)23(31)9-12-34(24,33)6/h7,21-28,36-39H,8-19H2,1-6H3,(H,40,41)/t21?,22?,23?,24?,25-,26?,27?,28?,31-,32-,33+,34+,35-/m0/s1. The Morgan fingerprint density at radius 3 is 2.30 bits per heavy atom. The summed E-state index contributed by atoms with van der Waals surface area (Å²) in [6.45, 7) is 13.9. The maximum Gasteiger partial charge on any atom is 0.310 e. The van der Waals surface area contributed by atoms with Crippen LogP contribution in [0, 0.1) is 50.2 Å². The molecule has 0 aromatic heterocycles. The fraction of sp³-hybridized carbons (Fsp3) is 0.914. The molecule has 7 unspecified atom stereocenters. The summed E-state index contributed by atoms with van der Waals surface area (Å²) in [6, 6.07) is 0. The van der Waals surface area contributed by atoms with Gasteiger partial charge in [-0.1, -0.05) is 53.2 Å². The van der Waals surface area contributed by atoms with E-state index in [4.69, 9.17) is 9.47 Å². The van der Waals surface area contributed by atoms with Gasteiger partial charge in [0.05, 0.1) is 24.7 Å². The van der Waals surface area contributed by atoms with E-state index in [9.17, 15) is 30.3 Å². The molecule has 43 heavy (non-hydrogen) atoms. The first-order chi connectivity index (χ1) is 20.0. The number of allylic oxidation sites excluding steroid dienone is 2. The van der Waals surface area contributed by atoms with E-state index in [0.717, 1.165) is 57.8 Å². The minimum atomic E-state index is -1.36. The average Bonchev–Trinajstić information content (AvgIpc) is 2.94. The van der Waals surface area contributed by atoms with Crippen LogP contribution in [0.1, 0.15) is 106 Å². The van der Waals surface area contributed by atoms with Crippen molar-refractivity contribution < 1.29 is 39.8 Å². The Labute approximate surface area is 257 Å². The number of hydrogen-bond donors (Lipinski definition) is 5. The van der Waals surface area contributed by atoms with Crippen molar-refractivity contribution >= 4 is 5.97 Å². The van der Waals surface area contributed by atoms with Crippen molar-refractivity contribution in [3.8, 4) is 0 Å². The van der Waals surface area contributed by atoms with Crippen LogP contribution in [-0.4, -0.2) is 75.4 Å². The summed E-state index contributed by atoms with van der Waals surface area (Å²) in [5, 5.41) is 52.3. The van der Waals surface area contributed by atoms with Gasteiger partial charge in [-0.05, 0) is 104 Å². The number of carboxylic acid groups (broad SMARTS) is 1. The summed E-state index contributed by atoms with van der Waals surface area (Å²) in [6.07, 6.45) is 6.03. The van der Waals surface area contributed by atoms with Gasteiger partial charge in [-0.2, -0.15) is 0 Å². The second-order valence-corrected chi connectivity index (χ2v) is 17.3. The quantitative estimate of drug-likeness (QED) is 0.231. The van der Waals surface area contributed by atoms with E-state index < -0.39 is 41.4 Å². The smallest absolute Gasteiger partial charge is 0.310 e. The number of fused-ring (bicyclic) bond motifs is 7. The molecule has 4 saturated carbocycles. The molecule has 8 heteroatoms. The van der Waals surface area contributed by atoms with E-state index >= 15 is 0 Å². The van der Waals surface area contributed by atoms with Crippen molar-refractivity contribution in [2.24, 2.45) is 50.2 Å². The summed E-state index contributed by atoms with van der Waals surface area (Å²) in [7, 11) is 0. The molecule has 6 rings (SSSR count). The normalized spacial score (nSPS) is 54.3. The number of aliphatic hydroxyl groups is 4. The topological polar surface area (TPSA) is 137 Å². The van der Waals surface area contributed by atoms with E-state index in [2.05, 4.69) is 47.6 Å². The van der Waals surface area contributed by atoms with Crippen LogP contribution in [0.5, 0.6) is 0 Å². The molecular weight excluding hydrogens is 548 g/mol. The lowest BCUT2D eigenvalue weighted by atomic mass is 9.33. The van der Waals surface area contributed by atoms with Crippen LogP contribution in [0.2, 0.25) is 0 Å². The van der Waals surface area contributed by atoms with Gasteiger partial charge < -0.3 is 35.0 Å². The first-order valence-electron chi connectivity index (χ1n) is 16.9. The van der Waals surface area contributed by atoms with Crippen molar-refractivity contribution in [3.05, 3.63) is 11.6 Å². The SMILES string of the molecule is CC1(C)CC[C@]2(C(=O)O)CC[C@]3(C)C(=CCC4[C@@]5(C)CC[C@H](OC6OCC(O)C(O)C6O)[C@@](C)(CO)C5CC[C@]43C)C2C1. The predicted molar refractivity (Wildman–Crippen MR) is 161 cm³/mol. The van der Waals surface area contributed by atoms with Crippen LogP contribution >= 0.6 is 0 Å². The average molecular weight is 605 g/mol.